The second-order valence-corrected chi connectivity index (χ2v) is 7.69. The Labute approximate surface area is 128 Å². The van der Waals surface area contributed by atoms with Crippen molar-refractivity contribution in [3.63, 3.8) is 0 Å². The largest absolute Gasteiger partial charge is 0.384 e. The number of nitrogens with one attached hydrogen (secondary N) is 1. The molecule has 1 N–H and O–H groups in total. The second-order valence-electron chi connectivity index (χ2n) is 5.46. The summed E-state index contributed by atoms with van der Waals surface area (Å²) in [6, 6.07) is 5.98. The Morgan fingerprint density at radius 1 is 1.24 bits per heavy atom. The van der Waals surface area contributed by atoms with Gasteiger partial charge in [-0.1, -0.05) is 25.1 Å². The van der Waals surface area contributed by atoms with E-state index in [1.807, 2.05) is 12.1 Å². The maximum atomic E-state index is 12.2. The van der Waals surface area contributed by atoms with Gasteiger partial charge in [-0.15, -0.1) is 0 Å². The molecule has 1 atom stereocenters. The van der Waals surface area contributed by atoms with Crippen molar-refractivity contribution in [1.82, 2.24) is 5.32 Å². The summed E-state index contributed by atoms with van der Waals surface area (Å²) in [5.41, 5.74) is 3.44. The number of hydrogen-bond donors (Lipinski definition) is 1. The van der Waals surface area contributed by atoms with Gasteiger partial charge in [-0.2, -0.15) is 0 Å². The van der Waals surface area contributed by atoms with Crippen molar-refractivity contribution in [3.05, 3.63) is 34.9 Å². The SMILES string of the molecule is CCCNC(CS(=O)(=O)CCOC)c1ccc(C)c(C)c1. The first-order chi connectivity index (χ1) is 9.89. The van der Waals surface area contributed by atoms with Gasteiger partial charge >= 0.3 is 0 Å². The topological polar surface area (TPSA) is 55.4 Å². The molecule has 0 bridgehead atoms. The molecule has 0 aliphatic heterocycles. The van der Waals surface area contributed by atoms with Crippen LogP contribution in [0.15, 0.2) is 18.2 Å². The summed E-state index contributed by atoms with van der Waals surface area (Å²) in [6.07, 6.45) is 0.972. The molecule has 0 amide bonds. The number of ether oxygens (including phenoxy) is 1. The van der Waals surface area contributed by atoms with Crippen LogP contribution in [-0.2, 0) is 14.6 Å². The molecule has 0 aliphatic carbocycles. The van der Waals surface area contributed by atoms with Crippen molar-refractivity contribution in [2.24, 2.45) is 0 Å². The number of benzene rings is 1. The number of aryl methyl sites for hydroxylation is 2. The van der Waals surface area contributed by atoms with E-state index in [2.05, 4.69) is 32.2 Å². The summed E-state index contributed by atoms with van der Waals surface area (Å²) in [5, 5.41) is 3.34. The van der Waals surface area contributed by atoms with Gasteiger partial charge in [0.05, 0.1) is 18.1 Å². The van der Waals surface area contributed by atoms with Crippen LogP contribution in [0.25, 0.3) is 0 Å². The highest BCUT2D eigenvalue weighted by Crippen LogP contribution is 2.19. The van der Waals surface area contributed by atoms with Crippen LogP contribution in [0.5, 0.6) is 0 Å². The quantitative estimate of drug-likeness (QED) is 0.760. The molecule has 21 heavy (non-hydrogen) atoms. The normalized spacial score (nSPS) is 13.3. The fourth-order valence-corrected chi connectivity index (χ4v) is 3.53. The van der Waals surface area contributed by atoms with E-state index in [9.17, 15) is 8.42 Å². The summed E-state index contributed by atoms with van der Waals surface area (Å²) in [7, 11) is -1.61. The molecule has 0 aliphatic rings. The second kappa shape index (κ2) is 8.51. The highest BCUT2D eigenvalue weighted by molar-refractivity contribution is 7.91. The first-order valence-electron chi connectivity index (χ1n) is 7.39. The summed E-state index contributed by atoms with van der Waals surface area (Å²) >= 11 is 0. The van der Waals surface area contributed by atoms with E-state index in [4.69, 9.17) is 4.74 Å². The molecular weight excluding hydrogens is 286 g/mol. The molecule has 0 spiro atoms. The highest BCUT2D eigenvalue weighted by Gasteiger charge is 2.20. The zero-order chi connectivity index (χ0) is 15.9. The lowest BCUT2D eigenvalue weighted by Crippen LogP contribution is -2.30. The molecule has 0 saturated carbocycles. The Kier molecular flexibility index (Phi) is 7.35. The van der Waals surface area contributed by atoms with Crippen molar-refractivity contribution in [2.45, 2.75) is 33.2 Å². The molecule has 0 heterocycles. The average Bonchev–Trinajstić information content (AvgIpc) is 2.44. The molecule has 0 aromatic heterocycles. The van der Waals surface area contributed by atoms with Crippen LogP contribution in [0.3, 0.4) is 0 Å². The van der Waals surface area contributed by atoms with Gasteiger partial charge in [-0.3, -0.25) is 0 Å². The third kappa shape index (κ3) is 6.16. The van der Waals surface area contributed by atoms with Gasteiger partial charge in [0.2, 0.25) is 0 Å². The van der Waals surface area contributed by atoms with Gasteiger partial charge in [-0.05, 0) is 43.5 Å². The third-order valence-electron chi connectivity index (χ3n) is 3.59. The summed E-state index contributed by atoms with van der Waals surface area (Å²) in [4.78, 5) is 0. The van der Waals surface area contributed by atoms with Gasteiger partial charge < -0.3 is 10.1 Å². The van der Waals surface area contributed by atoms with E-state index in [-0.39, 0.29) is 24.2 Å². The zero-order valence-electron chi connectivity index (χ0n) is 13.5. The maximum Gasteiger partial charge on any atom is 0.154 e. The molecule has 4 nitrogen and oxygen atoms in total. The van der Waals surface area contributed by atoms with Gasteiger partial charge in [0.15, 0.2) is 9.84 Å². The molecule has 1 aromatic carbocycles. The Morgan fingerprint density at radius 2 is 1.95 bits per heavy atom. The van der Waals surface area contributed by atoms with E-state index in [0.29, 0.717) is 0 Å². The highest BCUT2D eigenvalue weighted by atomic mass is 32.2. The van der Waals surface area contributed by atoms with Crippen LogP contribution in [0, 0.1) is 13.8 Å². The molecular formula is C16H27NO3S. The summed E-state index contributed by atoms with van der Waals surface area (Å²) < 4.78 is 29.2. The maximum absolute atomic E-state index is 12.2. The van der Waals surface area contributed by atoms with Crippen LogP contribution in [-0.4, -0.2) is 40.2 Å². The number of rotatable bonds is 9. The van der Waals surface area contributed by atoms with Gasteiger partial charge in [0, 0.05) is 13.2 Å². The predicted molar refractivity (Wildman–Crippen MR) is 87.5 cm³/mol. The molecule has 1 aromatic rings. The first kappa shape index (κ1) is 18.1. The molecule has 0 saturated heterocycles. The standard InChI is InChI=1S/C16H27NO3S/c1-5-8-17-16(12-21(18,19)10-9-20-4)15-7-6-13(2)14(3)11-15/h6-7,11,16-17H,5,8-10,12H2,1-4H3. The van der Waals surface area contributed by atoms with Crippen molar-refractivity contribution in [3.8, 4) is 0 Å². The average molecular weight is 313 g/mol. The van der Waals surface area contributed by atoms with Crippen molar-refractivity contribution < 1.29 is 13.2 Å². The lowest BCUT2D eigenvalue weighted by molar-refractivity contribution is 0.217. The minimum absolute atomic E-state index is 0.0681. The van der Waals surface area contributed by atoms with E-state index in [1.54, 1.807) is 0 Å². The molecule has 5 heteroatoms. The monoisotopic (exact) mass is 313 g/mol. The zero-order valence-corrected chi connectivity index (χ0v) is 14.3. The third-order valence-corrected chi connectivity index (χ3v) is 5.22. The van der Waals surface area contributed by atoms with Gasteiger partial charge in [0.25, 0.3) is 0 Å². The lowest BCUT2D eigenvalue weighted by atomic mass is 10.0. The van der Waals surface area contributed by atoms with Crippen molar-refractivity contribution in [2.75, 3.05) is 31.8 Å². The fourth-order valence-electron chi connectivity index (χ4n) is 2.12. The summed E-state index contributed by atoms with van der Waals surface area (Å²) in [5.74, 6) is 0.178. The van der Waals surface area contributed by atoms with Crippen LogP contribution in [0.1, 0.15) is 36.1 Å². The molecule has 0 radical (unpaired) electrons. The van der Waals surface area contributed by atoms with E-state index < -0.39 is 9.84 Å². The van der Waals surface area contributed by atoms with Crippen molar-refractivity contribution >= 4 is 9.84 Å². The Morgan fingerprint density at radius 3 is 2.52 bits per heavy atom. The van der Waals surface area contributed by atoms with Crippen LogP contribution in [0.2, 0.25) is 0 Å². The van der Waals surface area contributed by atoms with Gasteiger partial charge in [-0.25, -0.2) is 8.42 Å². The minimum Gasteiger partial charge on any atom is -0.384 e. The Bertz CT molecular complexity index is 540. The van der Waals surface area contributed by atoms with Crippen LogP contribution < -0.4 is 5.32 Å². The molecule has 1 rings (SSSR count). The molecule has 1 unspecified atom stereocenters. The van der Waals surface area contributed by atoms with E-state index in [0.717, 1.165) is 18.5 Å². The molecule has 0 fully saturated rings. The van der Waals surface area contributed by atoms with Gasteiger partial charge in [0.1, 0.15) is 0 Å². The van der Waals surface area contributed by atoms with Crippen molar-refractivity contribution in [1.29, 1.82) is 0 Å². The lowest BCUT2D eigenvalue weighted by Gasteiger charge is -2.20. The number of methoxy groups -OCH3 is 1. The molecule has 120 valence electrons. The van der Waals surface area contributed by atoms with E-state index in [1.165, 1.54) is 18.2 Å². The Hall–Kier alpha value is -0.910. The smallest absolute Gasteiger partial charge is 0.154 e. The van der Waals surface area contributed by atoms with Crippen LogP contribution >= 0.6 is 0 Å². The fraction of sp³-hybridized carbons (Fsp3) is 0.625. The van der Waals surface area contributed by atoms with Crippen LogP contribution in [0.4, 0.5) is 0 Å². The number of sulfone groups is 1. The summed E-state index contributed by atoms with van der Waals surface area (Å²) in [6.45, 7) is 7.23. The first-order valence-corrected chi connectivity index (χ1v) is 9.21. The van der Waals surface area contributed by atoms with E-state index >= 15 is 0 Å². The Balaban J connectivity index is 2.91. The number of hydrogen-bond acceptors (Lipinski definition) is 4. The predicted octanol–water partition coefficient (Wildman–Crippen LogP) is 2.41. The minimum atomic E-state index is -3.13.